The number of nitrogens with one attached hydrogen (secondary N) is 1. The Kier molecular flexibility index (Phi) is 3.19. The second kappa shape index (κ2) is 4.39. The smallest absolute Gasteiger partial charge is 0.322 e. The van der Waals surface area contributed by atoms with Crippen molar-refractivity contribution < 1.29 is 4.79 Å². The Morgan fingerprint density at radius 1 is 1.69 bits per heavy atom. The van der Waals surface area contributed by atoms with Gasteiger partial charge in [0.15, 0.2) is 0 Å². The molecule has 70 valence electrons. The predicted molar refractivity (Wildman–Crippen MR) is 49.4 cm³/mol. The molecule has 0 fully saturated rings. The van der Waals surface area contributed by atoms with Crippen molar-refractivity contribution in [2.24, 2.45) is 0 Å². The Morgan fingerprint density at radius 3 is 3.00 bits per heavy atom. The SMILES string of the molecule is CCN(C)C(=O)Nc1ccncn1. The van der Waals surface area contributed by atoms with Crippen LogP contribution in [0.25, 0.3) is 0 Å². The molecular formula is C8H12N4O. The van der Waals surface area contributed by atoms with Gasteiger partial charge in [-0.25, -0.2) is 14.8 Å². The molecule has 0 aromatic carbocycles. The Balaban J connectivity index is 2.55. The number of nitrogens with zero attached hydrogens (tertiary/aromatic N) is 3. The lowest BCUT2D eigenvalue weighted by Crippen LogP contribution is -2.31. The van der Waals surface area contributed by atoms with Crippen LogP contribution in [-0.4, -0.2) is 34.5 Å². The van der Waals surface area contributed by atoms with Crippen LogP contribution in [0.1, 0.15) is 6.92 Å². The molecule has 2 amide bonds. The summed E-state index contributed by atoms with van der Waals surface area (Å²) < 4.78 is 0. The van der Waals surface area contributed by atoms with Crippen molar-refractivity contribution >= 4 is 11.8 Å². The predicted octanol–water partition coefficient (Wildman–Crippen LogP) is 0.960. The third-order valence-electron chi connectivity index (χ3n) is 1.64. The van der Waals surface area contributed by atoms with Crippen LogP contribution in [0, 0.1) is 0 Å². The minimum Gasteiger partial charge on any atom is -0.328 e. The lowest BCUT2D eigenvalue weighted by Gasteiger charge is -2.14. The molecule has 1 aromatic rings. The molecule has 5 heteroatoms. The van der Waals surface area contributed by atoms with E-state index in [4.69, 9.17) is 0 Å². The minimum absolute atomic E-state index is 0.166. The summed E-state index contributed by atoms with van der Waals surface area (Å²) in [7, 11) is 1.72. The molecule has 5 nitrogen and oxygen atoms in total. The zero-order chi connectivity index (χ0) is 9.68. The first-order valence-corrected chi connectivity index (χ1v) is 4.02. The van der Waals surface area contributed by atoms with E-state index in [2.05, 4.69) is 15.3 Å². The average molecular weight is 180 g/mol. The molecule has 0 aliphatic heterocycles. The van der Waals surface area contributed by atoms with E-state index in [9.17, 15) is 4.79 Å². The molecule has 0 spiro atoms. The van der Waals surface area contributed by atoms with Gasteiger partial charge in [0.25, 0.3) is 0 Å². The standard InChI is InChI=1S/C8H12N4O/c1-3-12(2)8(13)11-7-4-5-9-6-10-7/h4-6H,3H2,1-2H3,(H,9,10,11,13). The molecule has 0 atom stereocenters. The first-order valence-electron chi connectivity index (χ1n) is 4.02. The molecule has 13 heavy (non-hydrogen) atoms. The molecular weight excluding hydrogens is 168 g/mol. The fourth-order valence-corrected chi connectivity index (χ4v) is 0.713. The lowest BCUT2D eigenvalue weighted by atomic mass is 10.5. The third-order valence-corrected chi connectivity index (χ3v) is 1.64. The lowest BCUT2D eigenvalue weighted by molar-refractivity contribution is 0.224. The molecule has 0 unspecified atom stereocenters. The number of amides is 2. The number of aromatic nitrogens is 2. The first-order chi connectivity index (χ1) is 6.24. The summed E-state index contributed by atoms with van der Waals surface area (Å²) in [6, 6.07) is 1.47. The van der Waals surface area contributed by atoms with E-state index < -0.39 is 0 Å². The summed E-state index contributed by atoms with van der Waals surface area (Å²) in [4.78, 5) is 20.5. The van der Waals surface area contributed by atoms with E-state index in [1.54, 1.807) is 24.2 Å². The summed E-state index contributed by atoms with van der Waals surface area (Å²) >= 11 is 0. The monoisotopic (exact) mass is 180 g/mol. The number of urea groups is 1. The fourth-order valence-electron chi connectivity index (χ4n) is 0.713. The maximum atomic E-state index is 11.3. The van der Waals surface area contributed by atoms with E-state index >= 15 is 0 Å². The van der Waals surface area contributed by atoms with Gasteiger partial charge < -0.3 is 4.90 Å². The summed E-state index contributed by atoms with van der Waals surface area (Å²) in [5.41, 5.74) is 0. The van der Waals surface area contributed by atoms with Crippen LogP contribution in [0.3, 0.4) is 0 Å². The summed E-state index contributed by atoms with van der Waals surface area (Å²) in [6.45, 7) is 2.57. The molecule has 1 heterocycles. The molecule has 1 rings (SSSR count). The molecule has 1 aromatic heterocycles. The number of anilines is 1. The largest absolute Gasteiger partial charge is 0.328 e. The molecule has 0 aliphatic carbocycles. The summed E-state index contributed by atoms with van der Waals surface area (Å²) in [5, 5.41) is 2.63. The van der Waals surface area contributed by atoms with Gasteiger partial charge in [-0.3, -0.25) is 5.32 Å². The van der Waals surface area contributed by atoms with Crippen molar-refractivity contribution in [1.82, 2.24) is 14.9 Å². The number of hydrogen-bond donors (Lipinski definition) is 1. The van der Waals surface area contributed by atoms with Crippen LogP contribution in [-0.2, 0) is 0 Å². The molecule has 0 radical (unpaired) electrons. The Labute approximate surface area is 76.8 Å². The highest BCUT2D eigenvalue weighted by molar-refractivity contribution is 5.87. The van der Waals surface area contributed by atoms with Crippen molar-refractivity contribution in [3.8, 4) is 0 Å². The summed E-state index contributed by atoms with van der Waals surface area (Å²) in [6.07, 6.45) is 2.97. The van der Waals surface area contributed by atoms with E-state index in [0.29, 0.717) is 12.4 Å². The van der Waals surface area contributed by atoms with Crippen LogP contribution in [0.15, 0.2) is 18.6 Å². The molecule has 0 aliphatic rings. The van der Waals surface area contributed by atoms with E-state index in [1.807, 2.05) is 6.92 Å². The van der Waals surface area contributed by atoms with E-state index in [0.717, 1.165) is 0 Å². The van der Waals surface area contributed by atoms with Crippen molar-refractivity contribution in [2.45, 2.75) is 6.92 Å². The number of carbonyl (C=O) groups is 1. The zero-order valence-corrected chi connectivity index (χ0v) is 7.69. The zero-order valence-electron chi connectivity index (χ0n) is 7.69. The first kappa shape index (κ1) is 9.44. The minimum atomic E-state index is -0.166. The number of hydrogen-bond acceptors (Lipinski definition) is 3. The van der Waals surface area contributed by atoms with Gasteiger partial charge in [-0.05, 0) is 13.0 Å². The van der Waals surface area contributed by atoms with Crippen LogP contribution in [0.5, 0.6) is 0 Å². The normalized spacial score (nSPS) is 9.38. The Hall–Kier alpha value is -1.65. The van der Waals surface area contributed by atoms with Crippen molar-refractivity contribution in [3.63, 3.8) is 0 Å². The van der Waals surface area contributed by atoms with Gasteiger partial charge >= 0.3 is 6.03 Å². The summed E-state index contributed by atoms with van der Waals surface area (Å²) in [5.74, 6) is 0.514. The maximum Gasteiger partial charge on any atom is 0.322 e. The van der Waals surface area contributed by atoms with E-state index in [-0.39, 0.29) is 6.03 Å². The van der Waals surface area contributed by atoms with Crippen molar-refractivity contribution in [3.05, 3.63) is 18.6 Å². The number of carbonyl (C=O) groups excluding carboxylic acids is 1. The second-order valence-electron chi connectivity index (χ2n) is 2.54. The maximum absolute atomic E-state index is 11.3. The average Bonchev–Trinajstić information content (AvgIpc) is 2.18. The van der Waals surface area contributed by atoms with Gasteiger partial charge in [-0.1, -0.05) is 0 Å². The Morgan fingerprint density at radius 2 is 2.46 bits per heavy atom. The fraction of sp³-hybridized carbons (Fsp3) is 0.375. The van der Waals surface area contributed by atoms with Crippen molar-refractivity contribution in [2.75, 3.05) is 18.9 Å². The van der Waals surface area contributed by atoms with Crippen LogP contribution < -0.4 is 5.32 Å². The van der Waals surface area contributed by atoms with Crippen LogP contribution in [0.2, 0.25) is 0 Å². The van der Waals surface area contributed by atoms with E-state index in [1.165, 1.54) is 6.33 Å². The van der Waals surface area contributed by atoms with Crippen LogP contribution in [0.4, 0.5) is 10.6 Å². The third kappa shape index (κ3) is 2.70. The quantitative estimate of drug-likeness (QED) is 0.737. The molecule has 0 saturated heterocycles. The van der Waals surface area contributed by atoms with Gasteiger partial charge in [-0.15, -0.1) is 0 Å². The van der Waals surface area contributed by atoms with Crippen LogP contribution >= 0.6 is 0 Å². The van der Waals surface area contributed by atoms with Gasteiger partial charge in [0.1, 0.15) is 12.1 Å². The van der Waals surface area contributed by atoms with Gasteiger partial charge in [0.2, 0.25) is 0 Å². The molecule has 0 saturated carbocycles. The van der Waals surface area contributed by atoms with Crippen molar-refractivity contribution in [1.29, 1.82) is 0 Å². The highest BCUT2D eigenvalue weighted by Gasteiger charge is 2.05. The molecule has 0 bridgehead atoms. The highest BCUT2D eigenvalue weighted by Crippen LogP contribution is 1.99. The highest BCUT2D eigenvalue weighted by atomic mass is 16.2. The van der Waals surface area contributed by atoms with Gasteiger partial charge in [0, 0.05) is 19.8 Å². The number of rotatable bonds is 2. The Bertz CT molecular complexity index is 275. The van der Waals surface area contributed by atoms with Gasteiger partial charge in [-0.2, -0.15) is 0 Å². The topological polar surface area (TPSA) is 58.1 Å². The second-order valence-corrected chi connectivity index (χ2v) is 2.54. The molecule has 1 N–H and O–H groups in total. The van der Waals surface area contributed by atoms with Gasteiger partial charge in [0.05, 0.1) is 0 Å².